The number of anilines is 2. The lowest BCUT2D eigenvalue weighted by Gasteiger charge is -2.08. The lowest BCUT2D eigenvalue weighted by molar-refractivity contribution is 0.595. The molecule has 0 atom stereocenters. The molecule has 2 rings (SSSR count). The van der Waals surface area contributed by atoms with Crippen molar-refractivity contribution in [2.45, 2.75) is 24.7 Å². The molecule has 4 N–H and O–H groups in total. The number of hydrogen-bond acceptors (Lipinski definition) is 4. The summed E-state index contributed by atoms with van der Waals surface area (Å²) in [4.78, 5) is -0.313. The van der Waals surface area contributed by atoms with Crippen LogP contribution in [0.3, 0.4) is 0 Å². The van der Waals surface area contributed by atoms with Crippen LogP contribution in [-0.4, -0.2) is 18.6 Å². The standard InChI is InChI=1S/C12H15FN4O2S/c1-7(2)10-6-12(16-15-10)17-20(18,19)11-5-8(13)3-4-9(11)14/h3-7H,14H2,1-2H3,(H2,15,16,17). The summed E-state index contributed by atoms with van der Waals surface area (Å²) in [5.74, 6) is -0.359. The number of H-pyrrole nitrogens is 1. The average Bonchev–Trinajstić information content (AvgIpc) is 2.80. The largest absolute Gasteiger partial charge is 0.398 e. The molecule has 0 radical (unpaired) electrons. The van der Waals surface area contributed by atoms with E-state index in [0.29, 0.717) is 0 Å². The highest BCUT2D eigenvalue weighted by atomic mass is 32.2. The number of aromatic nitrogens is 2. The lowest BCUT2D eigenvalue weighted by atomic mass is 10.1. The zero-order chi connectivity index (χ0) is 14.9. The quantitative estimate of drug-likeness (QED) is 0.752. The van der Waals surface area contributed by atoms with Crippen LogP contribution in [0.4, 0.5) is 15.9 Å². The molecule has 20 heavy (non-hydrogen) atoms. The number of nitrogen functional groups attached to an aromatic ring is 1. The molecule has 0 fully saturated rings. The van der Waals surface area contributed by atoms with Gasteiger partial charge in [-0.2, -0.15) is 5.10 Å². The highest BCUT2D eigenvalue weighted by molar-refractivity contribution is 7.92. The Bertz CT molecular complexity index is 725. The molecule has 2 aromatic rings. The summed E-state index contributed by atoms with van der Waals surface area (Å²) in [5, 5.41) is 6.57. The number of hydrogen-bond donors (Lipinski definition) is 3. The van der Waals surface area contributed by atoms with E-state index in [1.165, 1.54) is 6.07 Å². The molecule has 0 aliphatic carbocycles. The minimum absolute atomic E-state index is 0.0291. The fourth-order valence-corrected chi connectivity index (χ4v) is 2.75. The molecule has 0 saturated carbocycles. The maximum Gasteiger partial charge on any atom is 0.265 e. The highest BCUT2D eigenvalue weighted by Crippen LogP contribution is 2.23. The number of nitrogens with one attached hydrogen (secondary N) is 2. The summed E-state index contributed by atoms with van der Waals surface area (Å²) in [7, 11) is -3.98. The lowest BCUT2D eigenvalue weighted by Crippen LogP contribution is -2.15. The number of nitrogens with zero attached hydrogens (tertiary/aromatic N) is 1. The van der Waals surface area contributed by atoms with Crippen LogP contribution in [0, 0.1) is 5.82 Å². The van der Waals surface area contributed by atoms with Crippen LogP contribution in [0.5, 0.6) is 0 Å². The van der Waals surface area contributed by atoms with E-state index >= 15 is 0 Å². The van der Waals surface area contributed by atoms with Gasteiger partial charge in [-0.05, 0) is 24.1 Å². The summed E-state index contributed by atoms with van der Waals surface area (Å²) >= 11 is 0. The van der Waals surface area contributed by atoms with Gasteiger partial charge in [0.15, 0.2) is 5.82 Å². The van der Waals surface area contributed by atoms with Crippen molar-refractivity contribution in [3.8, 4) is 0 Å². The van der Waals surface area contributed by atoms with Gasteiger partial charge in [0.1, 0.15) is 10.7 Å². The molecule has 6 nitrogen and oxygen atoms in total. The molecule has 0 bridgehead atoms. The molecule has 0 saturated heterocycles. The van der Waals surface area contributed by atoms with Crippen LogP contribution in [0.2, 0.25) is 0 Å². The number of sulfonamides is 1. The number of rotatable bonds is 4. The van der Waals surface area contributed by atoms with Crippen molar-refractivity contribution in [3.05, 3.63) is 35.8 Å². The van der Waals surface area contributed by atoms with E-state index in [9.17, 15) is 12.8 Å². The van der Waals surface area contributed by atoms with Crippen molar-refractivity contribution in [1.29, 1.82) is 0 Å². The van der Waals surface area contributed by atoms with E-state index in [4.69, 9.17) is 5.73 Å². The van der Waals surface area contributed by atoms with Crippen molar-refractivity contribution in [1.82, 2.24) is 10.2 Å². The van der Waals surface area contributed by atoms with E-state index in [2.05, 4.69) is 14.9 Å². The number of aromatic amines is 1. The van der Waals surface area contributed by atoms with E-state index in [-0.39, 0.29) is 22.3 Å². The van der Waals surface area contributed by atoms with E-state index in [1.807, 2.05) is 13.8 Å². The third-order valence-electron chi connectivity index (χ3n) is 2.72. The zero-order valence-corrected chi connectivity index (χ0v) is 11.8. The Hall–Kier alpha value is -2.09. The van der Waals surface area contributed by atoms with Crippen molar-refractivity contribution in [3.63, 3.8) is 0 Å². The predicted octanol–water partition coefficient (Wildman–Crippen LogP) is 2.06. The summed E-state index contributed by atoms with van der Waals surface area (Å²) in [5.41, 5.74) is 6.33. The molecule has 0 spiro atoms. The van der Waals surface area contributed by atoms with Gasteiger partial charge in [0.25, 0.3) is 10.0 Å². The normalized spacial score (nSPS) is 11.8. The van der Waals surface area contributed by atoms with Crippen LogP contribution in [0.25, 0.3) is 0 Å². The van der Waals surface area contributed by atoms with Crippen molar-refractivity contribution < 1.29 is 12.8 Å². The third kappa shape index (κ3) is 2.90. The van der Waals surface area contributed by atoms with Gasteiger partial charge < -0.3 is 5.73 Å². The molecule has 0 amide bonds. The van der Waals surface area contributed by atoms with Crippen molar-refractivity contribution in [2.75, 3.05) is 10.5 Å². The monoisotopic (exact) mass is 298 g/mol. The second-order valence-corrected chi connectivity index (χ2v) is 6.30. The Morgan fingerprint density at radius 2 is 2.05 bits per heavy atom. The van der Waals surface area contributed by atoms with Gasteiger partial charge in [-0.15, -0.1) is 0 Å². The maximum atomic E-state index is 13.2. The molecular formula is C12H15FN4O2S. The average molecular weight is 298 g/mol. The molecular weight excluding hydrogens is 283 g/mol. The van der Waals surface area contributed by atoms with Gasteiger partial charge in [-0.3, -0.25) is 9.82 Å². The Balaban J connectivity index is 2.33. The summed E-state index contributed by atoms with van der Waals surface area (Å²) in [6.07, 6.45) is 0. The fourth-order valence-electron chi connectivity index (χ4n) is 1.62. The third-order valence-corrected chi connectivity index (χ3v) is 4.13. The number of halogens is 1. The second-order valence-electron chi connectivity index (χ2n) is 4.65. The fraction of sp³-hybridized carbons (Fsp3) is 0.250. The maximum absolute atomic E-state index is 13.2. The zero-order valence-electron chi connectivity index (χ0n) is 11.0. The van der Waals surface area contributed by atoms with E-state index < -0.39 is 15.8 Å². The molecule has 1 aromatic carbocycles. The first-order valence-corrected chi connectivity index (χ1v) is 7.41. The topological polar surface area (TPSA) is 101 Å². The van der Waals surface area contributed by atoms with Gasteiger partial charge >= 0.3 is 0 Å². The molecule has 1 aromatic heterocycles. The van der Waals surface area contributed by atoms with Gasteiger partial charge in [0, 0.05) is 11.8 Å². The van der Waals surface area contributed by atoms with Crippen LogP contribution in [0.15, 0.2) is 29.2 Å². The van der Waals surface area contributed by atoms with Crippen LogP contribution in [0.1, 0.15) is 25.5 Å². The Kier molecular flexibility index (Phi) is 3.67. The summed E-state index contributed by atoms with van der Waals surface area (Å²) in [6, 6.07) is 4.75. The van der Waals surface area contributed by atoms with Gasteiger partial charge in [0.05, 0.1) is 5.69 Å². The molecule has 0 aliphatic rings. The summed E-state index contributed by atoms with van der Waals surface area (Å²) < 4.78 is 39.7. The molecule has 0 unspecified atom stereocenters. The van der Waals surface area contributed by atoms with Crippen molar-refractivity contribution >= 4 is 21.5 Å². The molecule has 108 valence electrons. The highest BCUT2D eigenvalue weighted by Gasteiger charge is 2.20. The van der Waals surface area contributed by atoms with Crippen LogP contribution >= 0.6 is 0 Å². The van der Waals surface area contributed by atoms with Gasteiger partial charge in [-0.1, -0.05) is 13.8 Å². The van der Waals surface area contributed by atoms with Crippen molar-refractivity contribution in [2.24, 2.45) is 0 Å². The molecule has 8 heteroatoms. The second kappa shape index (κ2) is 5.12. The number of benzene rings is 1. The van der Waals surface area contributed by atoms with Crippen LogP contribution in [-0.2, 0) is 10.0 Å². The summed E-state index contributed by atoms with van der Waals surface area (Å²) in [6.45, 7) is 3.88. The minimum atomic E-state index is -3.98. The minimum Gasteiger partial charge on any atom is -0.398 e. The first kappa shape index (κ1) is 14.3. The predicted molar refractivity (Wildman–Crippen MR) is 74.3 cm³/mol. The first-order valence-electron chi connectivity index (χ1n) is 5.93. The van der Waals surface area contributed by atoms with Gasteiger partial charge in [0.2, 0.25) is 0 Å². The Morgan fingerprint density at radius 3 is 2.65 bits per heavy atom. The molecule has 0 aliphatic heterocycles. The van der Waals surface area contributed by atoms with Gasteiger partial charge in [-0.25, -0.2) is 12.8 Å². The van der Waals surface area contributed by atoms with E-state index in [0.717, 1.165) is 17.8 Å². The van der Waals surface area contributed by atoms with Crippen LogP contribution < -0.4 is 10.5 Å². The smallest absolute Gasteiger partial charge is 0.265 e. The number of nitrogens with two attached hydrogens (primary N) is 1. The molecule has 1 heterocycles. The SMILES string of the molecule is CC(C)c1cc(NS(=O)(=O)c2cc(F)ccc2N)n[nH]1. The van der Waals surface area contributed by atoms with E-state index in [1.54, 1.807) is 6.07 Å². The Morgan fingerprint density at radius 1 is 1.35 bits per heavy atom. The Labute approximate surface area is 116 Å². The first-order chi connectivity index (χ1) is 9.29.